The van der Waals surface area contributed by atoms with Crippen molar-refractivity contribution in [3.8, 4) is 17.2 Å². The topological polar surface area (TPSA) is 104 Å². The molecule has 1 aliphatic rings. The fourth-order valence-electron chi connectivity index (χ4n) is 3.04. The van der Waals surface area contributed by atoms with Gasteiger partial charge in [0.15, 0.2) is 11.5 Å². The summed E-state index contributed by atoms with van der Waals surface area (Å²) in [5.74, 6) is 0.836. The van der Waals surface area contributed by atoms with Crippen molar-refractivity contribution in [3.63, 3.8) is 0 Å². The van der Waals surface area contributed by atoms with Crippen LogP contribution in [0.15, 0.2) is 47.6 Å². The Bertz CT molecular complexity index is 856. The van der Waals surface area contributed by atoms with E-state index in [0.29, 0.717) is 24.3 Å². The number of amides is 1. The third-order valence-electron chi connectivity index (χ3n) is 4.44. The molecule has 8 nitrogen and oxygen atoms in total. The zero-order valence-corrected chi connectivity index (χ0v) is 15.8. The molecule has 8 heteroatoms. The Morgan fingerprint density at radius 3 is 2.82 bits per heavy atom. The number of carbonyl (C=O) groups is 1. The van der Waals surface area contributed by atoms with Gasteiger partial charge in [0.25, 0.3) is 5.91 Å². The number of nitrogens with one attached hydrogen (secondary N) is 3. The molecule has 3 rings (SSSR count). The second kappa shape index (κ2) is 9.20. The molecule has 2 atom stereocenters. The average Bonchev–Trinajstić information content (AvgIpc) is 3.20. The van der Waals surface area contributed by atoms with Crippen molar-refractivity contribution in [2.75, 3.05) is 13.7 Å². The lowest BCUT2D eigenvalue weighted by Crippen LogP contribution is -2.41. The van der Waals surface area contributed by atoms with E-state index < -0.39 is 6.04 Å². The maximum atomic E-state index is 12.4. The van der Waals surface area contributed by atoms with Gasteiger partial charge in [-0.2, -0.15) is 5.10 Å². The molecule has 148 valence electrons. The fraction of sp³-hybridized carbons (Fsp3) is 0.300. The Morgan fingerprint density at radius 1 is 1.25 bits per heavy atom. The van der Waals surface area contributed by atoms with Crippen LogP contribution in [0.3, 0.4) is 0 Å². The number of methoxy groups -OCH3 is 1. The number of hydrazine groups is 1. The summed E-state index contributed by atoms with van der Waals surface area (Å²) in [6, 6.07) is 12.3. The molecular weight excluding hydrogens is 360 g/mol. The highest BCUT2D eigenvalue weighted by Crippen LogP contribution is 2.30. The number of nitrogens with zero attached hydrogens (tertiary/aromatic N) is 1. The van der Waals surface area contributed by atoms with E-state index >= 15 is 0 Å². The third kappa shape index (κ3) is 4.41. The summed E-state index contributed by atoms with van der Waals surface area (Å²) in [5, 5.41) is 14.0. The predicted octanol–water partition coefficient (Wildman–Crippen LogP) is 1.86. The van der Waals surface area contributed by atoms with Crippen molar-refractivity contribution >= 4 is 12.1 Å². The highest BCUT2D eigenvalue weighted by molar-refractivity contribution is 5.87. The van der Waals surface area contributed by atoms with E-state index in [-0.39, 0.29) is 17.7 Å². The molecule has 1 saturated heterocycles. The Balaban J connectivity index is 1.60. The number of phenolic OH excluding ortho intramolecular Hbond substituents is 1. The highest BCUT2D eigenvalue weighted by atomic mass is 16.5. The first-order valence-corrected chi connectivity index (χ1v) is 9.05. The van der Waals surface area contributed by atoms with Gasteiger partial charge in [-0.05, 0) is 31.5 Å². The van der Waals surface area contributed by atoms with Gasteiger partial charge in [0, 0.05) is 11.1 Å². The van der Waals surface area contributed by atoms with Crippen LogP contribution in [0, 0.1) is 0 Å². The van der Waals surface area contributed by atoms with Crippen LogP contribution in [0.25, 0.3) is 0 Å². The number of aromatic hydroxyl groups is 1. The predicted molar refractivity (Wildman–Crippen MR) is 105 cm³/mol. The number of benzene rings is 2. The summed E-state index contributed by atoms with van der Waals surface area (Å²) in [4.78, 5) is 12.4. The molecule has 0 saturated carbocycles. The molecule has 1 heterocycles. The second-order valence-electron chi connectivity index (χ2n) is 6.23. The van der Waals surface area contributed by atoms with Gasteiger partial charge < -0.3 is 14.6 Å². The molecule has 1 aliphatic heterocycles. The number of hydrogen-bond acceptors (Lipinski definition) is 7. The Morgan fingerprint density at radius 2 is 2.04 bits per heavy atom. The maximum Gasteiger partial charge on any atom is 0.258 e. The van der Waals surface area contributed by atoms with Crippen LogP contribution in [0.5, 0.6) is 17.2 Å². The van der Waals surface area contributed by atoms with E-state index in [1.807, 2.05) is 31.2 Å². The average molecular weight is 384 g/mol. The molecule has 28 heavy (non-hydrogen) atoms. The number of ether oxygens (including phenoxy) is 2. The first kappa shape index (κ1) is 19.7. The van der Waals surface area contributed by atoms with Crippen LogP contribution < -0.4 is 25.8 Å². The van der Waals surface area contributed by atoms with E-state index in [1.54, 1.807) is 18.2 Å². The van der Waals surface area contributed by atoms with Crippen molar-refractivity contribution in [3.05, 3.63) is 53.6 Å². The van der Waals surface area contributed by atoms with Crippen molar-refractivity contribution in [1.29, 1.82) is 0 Å². The van der Waals surface area contributed by atoms with Gasteiger partial charge in [0.1, 0.15) is 11.8 Å². The summed E-state index contributed by atoms with van der Waals surface area (Å²) >= 11 is 0. The largest absolute Gasteiger partial charge is 0.504 e. The molecule has 2 aromatic rings. The molecule has 0 spiro atoms. The Hall–Kier alpha value is -3.10. The lowest BCUT2D eigenvalue weighted by molar-refractivity contribution is -0.122. The van der Waals surface area contributed by atoms with Gasteiger partial charge in [0.2, 0.25) is 0 Å². The quantitative estimate of drug-likeness (QED) is 0.429. The normalized spacial score (nSPS) is 18.9. The maximum absolute atomic E-state index is 12.4. The minimum atomic E-state index is -0.448. The molecule has 0 aromatic heterocycles. The van der Waals surface area contributed by atoms with Crippen molar-refractivity contribution < 1.29 is 19.4 Å². The van der Waals surface area contributed by atoms with Crippen LogP contribution in [0.4, 0.5) is 0 Å². The molecular formula is C20H24N4O4. The van der Waals surface area contributed by atoms with Crippen molar-refractivity contribution in [2.45, 2.75) is 25.4 Å². The van der Waals surface area contributed by atoms with Gasteiger partial charge in [-0.15, -0.1) is 0 Å². The van der Waals surface area contributed by atoms with E-state index in [2.05, 4.69) is 21.4 Å². The van der Waals surface area contributed by atoms with Crippen molar-refractivity contribution in [2.24, 2.45) is 5.10 Å². The zero-order valence-electron chi connectivity index (χ0n) is 15.8. The molecule has 0 bridgehead atoms. The zero-order chi connectivity index (χ0) is 19.9. The minimum Gasteiger partial charge on any atom is -0.504 e. The lowest BCUT2D eigenvalue weighted by atomic mass is 10.0. The molecule has 1 amide bonds. The highest BCUT2D eigenvalue weighted by Gasteiger charge is 2.31. The summed E-state index contributed by atoms with van der Waals surface area (Å²) in [6.07, 6.45) is 1.93. The molecule has 0 aliphatic carbocycles. The van der Waals surface area contributed by atoms with Crippen LogP contribution in [0.2, 0.25) is 0 Å². The monoisotopic (exact) mass is 384 g/mol. The number of rotatable bonds is 7. The minimum absolute atomic E-state index is 0.0312. The third-order valence-corrected chi connectivity index (χ3v) is 4.44. The van der Waals surface area contributed by atoms with Crippen molar-refractivity contribution in [1.82, 2.24) is 16.3 Å². The van der Waals surface area contributed by atoms with Gasteiger partial charge >= 0.3 is 0 Å². The van der Waals surface area contributed by atoms with E-state index in [1.165, 1.54) is 13.3 Å². The molecule has 1 fully saturated rings. The van der Waals surface area contributed by atoms with Gasteiger partial charge in [0.05, 0.1) is 26.0 Å². The van der Waals surface area contributed by atoms with Crippen LogP contribution >= 0.6 is 0 Å². The Kier molecular flexibility index (Phi) is 6.46. The van der Waals surface area contributed by atoms with Gasteiger partial charge in [-0.25, -0.2) is 16.3 Å². The van der Waals surface area contributed by atoms with Gasteiger partial charge in [-0.3, -0.25) is 4.79 Å². The van der Waals surface area contributed by atoms with Crippen LogP contribution in [-0.4, -0.2) is 37.0 Å². The molecule has 0 radical (unpaired) electrons. The molecule has 2 unspecified atom stereocenters. The summed E-state index contributed by atoms with van der Waals surface area (Å²) in [6.45, 7) is 2.51. The molecule has 2 aromatic carbocycles. The number of para-hydroxylation sites is 2. The van der Waals surface area contributed by atoms with E-state index in [4.69, 9.17) is 9.47 Å². The SMILES string of the molecule is CCOc1ccccc1C1CC(C(=O)N/N=C/c2cccc(OC)c2O)NN1. The fourth-order valence-corrected chi connectivity index (χ4v) is 3.04. The summed E-state index contributed by atoms with van der Waals surface area (Å²) in [7, 11) is 1.47. The number of carbonyl (C=O) groups excluding carboxylic acids is 1. The Labute approximate surface area is 163 Å². The van der Waals surface area contributed by atoms with Gasteiger partial charge in [-0.1, -0.05) is 24.3 Å². The van der Waals surface area contributed by atoms with E-state index in [0.717, 1.165) is 11.3 Å². The number of hydrogen-bond donors (Lipinski definition) is 4. The lowest BCUT2D eigenvalue weighted by Gasteiger charge is -2.15. The molecule has 4 N–H and O–H groups in total. The smallest absolute Gasteiger partial charge is 0.258 e. The number of phenols is 1. The van der Waals surface area contributed by atoms with Crippen LogP contribution in [-0.2, 0) is 4.79 Å². The summed E-state index contributed by atoms with van der Waals surface area (Å²) < 4.78 is 10.7. The first-order valence-electron chi connectivity index (χ1n) is 9.05. The number of hydrazone groups is 1. The first-order chi connectivity index (χ1) is 13.6. The second-order valence-corrected chi connectivity index (χ2v) is 6.23. The van der Waals surface area contributed by atoms with Crippen LogP contribution in [0.1, 0.15) is 30.5 Å². The van der Waals surface area contributed by atoms with E-state index in [9.17, 15) is 9.90 Å². The standard InChI is InChI=1S/C20H24N4O4/c1-3-28-17-9-5-4-8-14(17)15-11-16(23-22-15)20(26)24-21-12-13-7-6-10-18(27-2)19(13)25/h4-10,12,15-16,22-23,25H,3,11H2,1-2H3,(H,24,26)/b21-12+. The summed E-state index contributed by atoms with van der Waals surface area (Å²) in [5.41, 5.74) is 10.1.